The molecule has 0 saturated heterocycles. The fourth-order valence-corrected chi connectivity index (χ4v) is 3.07. The molecule has 0 unspecified atom stereocenters. The quantitative estimate of drug-likeness (QED) is 0.674. The molecule has 0 fully saturated rings. The van der Waals surface area contributed by atoms with Gasteiger partial charge in [-0.25, -0.2) is 13.9 Å². The van der Waals surface area contributed by atoms with Gasteiger partial charge in [0, 0.05) is 11.4 Å². The first-order chi connectivity index (χ1) is 13.2. The lowest BCUT2D eigenvalue weighted by atomic mass is 10.0. The van der Waals surface area contributed by atoms with Gasteiger partial charge in [-0.05, 0) is 76.4 Å². The zero-order valence-corrected chi connectivity index (χ0v) is 16.7. The number of nitrogens with one attached hydrogen (secondary N) is 1. The summed E-state index contributed by atoms with van der Waals surface area (Å²) in [5.41, 5.74) is 2.43. The second-order valence-corrected chi connectivity index (χ2v) is 7.97. The third kappa shape index (κ3) is 4.88. The van der Waals surface area contributed by atoms with Gasteiger partial charge in [-0.2, -0.15) is 5.10 Å². The molecule has 5 nitrogen and oxygen atoms in total. The molecule has 1 amide bonds. The smallest absolute Gasteiger partial charge is 0.407 e. The number of carbonyl (C=O) groups is 1. The number of aromatic nitrogens is 2. The van der Waals surface area contributed by atoms with Crippen molar-refractivity contribution in [3.63, 3.8) is 0 Å². The normalized spacial score (nSPS) is 12.8. The summed E-state index contributed by atoms with van der Waals surface area (Å²) >= 11 is 0. The van der Waals surface area contributed by atoms with Crippen molar-refractivity contribution in [2.24, 2.45) is 0 Å². The highest BCUT2D eigenvalue weighted by Crippen LogP contribution is 2.23. The van der Waals surface area contributed by atoms with Crippen LogP contribution in [-0.4, -0.2) is 27.5 Å². The average molecular weight is 383 g/mol. The zero-order chi connectivity index (χ0) is 20.3. The molecule has 0 aliphatic rings. The summed E-state index contributed by atoms with van der Waals surface area (Å²) < 4.78 is 20.3. The van der Waals surface area contributed by atoms with Gasteiger partial charge in [0.2, 0.25) is 0 Å². The molecular weight excluding hydrogens is 357 g/mol. The molecule has 2 aromatic carbocycles. The molecule has 1 heterocycles. The second-order valence-electron chi connectivity index (χ2n) is 7.97. The van der Waals surface area contributed by atoms with Crippen LogP contribution in [0.25, 0.3) is 16.6 Å². The summed E-state index contributed by atoms with van der Waals surface area (Å²) in [4.78, 5) is 11.9. The van der Waals surface area contributed by atoms with Gasteiger partial charge in [-0.3, -0.25) is 0 Å². The van der Waals surface area contributed by atoms with E-state index in [9.17, 15) is 9.18 Å². The Morgan fingerprint density at radius 2 is 1.93 bits per heavy atom. The molecular formula is C22H26FN3O2. The zero-order valence-electron chi connectivity index (χ0n) is 16.7. The minimum atomic E-state index is -0.510. The minimum absolute atomic E-state index is 0.0164. The highest BCUT2D eigenvalue weighted by Gasteiger charge is 2.18. The van der Waals surface area contributed by atoms with Crippen molar-refractivity contribution in [1.29, 1.82) is 0 Å². The largest absolute Gasteiger partial charge is 0.444 e. The summed E-state index contributed by atoms with van der Waals surface area (Å²) in [6.07, 6.45) is 3.01. The molecule has 28 heavy (non-hydrogen) atoms. The predicted octanol–water partition coefficient (Wildman–Crippen LogP) is 5.01. The molecule has 6 heteroatoms. The van der Waals surface area contributed by atoms with Crippen molar-refractivity contribution in [2.45, 2.75) is 52.2 Å². The number of carbonyl (C=O) groups excluding carboxylic acids is 1. The van der Waals surface area contributed by atoms with Gasteiger partial charge in [-0.15, -0.1) is 0 Å². The lowest BCUT2D eigenvalue weighted by molar-refractivity contribution is 0.0506. The number of aryl methyl sites for hydroxylation is 1. The number of rotatable bonds is 5. The fraction of sp³-hybridized carbons (Fsp3) is 0.364. The van der Waals surface area contributed by atoms with E-state index in [-0.39, 0.29) is 11.9 Å². The summed E-state index contributed by atoms with van der Waals surface area (Å²) in [6, 6.07) is 12.3. The molecule has 3 rings (SSSR count). The Morgan fingerprint density at radius 3 is 2.61 bits per heavy atom. The molecule has 1 N–H and O–H groups in total. The summed E-state index contributed by atoms with van der Waals surface area (Å²) in [5, 5.41) is 8.40. The first-order valence-corrected chi connectivity index (χ1v) is 9.44. The van der Waals surface area contributed by atoms with Crippen LogP contribution in [-0.2, 0) is 11.2 Å². The third-order valence-corrected chi connectivity index (χ3v) is 4.38. The minimum Gasteiger partial charge on any atom is -0.444 e. The Hall–Kier alpha value is -2.89. The van der Waals surface area contributed by atoms with Crippen molar-refractivity contribution < 1.29 is 13.9 Å². The van der Waals surface area contributed by atoms with Gasteiger partial charge in [0.25, 0.3) is 0 Å². The number of alkyl carbamates (subject to hydrolysis) is 1. The van der Waals surface area contributed by atoms with Crippen LogP contribution in [0.5, 0.6) is 0 Å². The number of hydrogen-bond acceptors (Lipinski definition) is 3. The standard InChI is InChI=1S/C22H26FN3O2/c1-15(25-21(27)28-22(2,3)4)8-9-16-6-5-7-20-19(16)14-24-26(20)18-12-10-17(23)11-13-18/h5-7,10-15H,8-9H2,1-4H3,(H,25,27)/t15-/m0/s1. The van der Waals surface area contributed by atoms with Crippen molar-refractivity contribution in [3.05, 3.63) is 60.0 Å². The Morgan fingerprint density at radius 1 is 1.21 bits per heavy atom. The van der Waals surface area contributed by atoms with Crippen LogP contribution in [0.1, 0.15) is 39.7 Å². The topological polar surface area (TPSA) is 56.2 Å². The van der Waals surface area contributed by atoms with Crippen LogP contribution < -0.4 is 5.32 Å². The number of hydrogen-bond donors (Lipinski definition) is 1. The molecule has 148 valence electrons. The van der Waals surface area contributed by atoms with Gasteiger partial charge in [0.1, 0.15) is 11.4 Å². The van der Waals surface area contributed by atoms with E-state index in [0.29, 0.717) is 0 Å². The highest BCUT2D eigenvalue weighted by molar-refractivity contribution is 5.83. The van der Waals surface area contributed by atoms with E-state index >= 15 is 0 Å². The van der Waals surface area contributed by atoms with Gasteiger partial charge >= 0.3 is 6.09 Å². The van der Waals surface area contributed by atoms with Crippen LogP contribution in [0.15, 0.2) is 48.7 Å². The maximum absolute atomic E-state index is 13.2. The van der Waals surface area contributed by atoms with Crippen LogP contribution in [0.4, 0.5) is 9.18 Å². The number of benzene rings is 2. The van der Waals surface area contributed by atoms with E-state index in [1.807, 2.05) is 46.0 Å². The van der Waals surface area contributed by atoms with Gasteiger partial charge in [0.05, 0.1) is 17.4 Å². The molecule has 0 aliphatic carbocycles. The summed E-state index contributed by atoms with van der Waals surface area (Å²) in [5.74, 6) is -0.271. The first-order valence-electron chi connectivity index (χ1n) is 9.44. The van der Waals surface area contributed by atoms with Crippen molar-refractivity contribution in [2.75, 3.05) is 0 Å². The number of amides is 1. The molecule has 0 saturated carbocycles. The van der Waals surface area contributed by atoms with Gasteiger partial charge < -0.3 is 10.1 Å². The Labute approximate surface area is 164 Å². The molecule has 0 radical (unpaired) electrons. The van der Waals surface area contributed by atoms with E-state index in [1.54, 1.807) is 16.8 Å². The molecule has 3 aromatic rings. The molecule has 0 bridgehead atoms. The molecule has 1 aromatic heterocycles. The predicted molar refractivity (Wildman–Crippen MR) is 108 cm³/mol. The van der Waals surface area contributed by atoms with Crippen molar-refractivity contribution >= 4 is 17.0 Å². The average Bonchev–Trinajstić information content (AvgIpc) is 3.03. The monoisotopic (exact) mass is 383 g/mol. The Bertz CT molecular complexity index is 958. The highest BCUT2D eigenvalue weighted by atomic mass is 19.1. The fourth-order valence-electron chi connectivity index (χ4n) is 3.07. The van der Waals surface area contributed by atoms with Gasteiger partial charge in [0.15, 0.2) is 0 Å². The van der Waals surface area contributed by atoms with E-state index in [0.717, 1.165) is 35.0 Å². The van der Waals surface area contributed by atoms with E-state index in [2.05, 4.69) is 16.5 Å². The number of ether oxygens (including phenoxy) is 1. The van der Waals surface area contributed by atoms with E-state index < -0.39 is 11.7 Å². The first kappa shape index (κ1) is 19.9. The SMILES string of the molecule is C[C@@H](CCc1cccc2c1cnn2-c1ccc(F)cc1)NC(=O)OC(C)(C)C. The molecule has 0 spiro atoms. The number of nitrogens with zero attached hydrogens (tertiary/aromatic N) is 2. The van der Waals surface area contributed by atoms with E-state index in [4.69, 9.17) is 4.74 Å². The summed E-state index contributed by atoms with van der Waals surface area (Å²) in [7, 11) is 0. The summed E-state index contributed by atoms with van der Waals surface area (Å²) in [6.45, 7) is 7.50. The maximum atomic E-state index is 13.2. The number of fused-ring (bicyclic) bond motifs is 1. The number of halogens is 1. The van der Waals surface area contributed by atoms with Crippen LogP contribution >= 0.6 is 0 Å². The third-order valence-electron chi connectivity index (χ3n) is 4.38. The Balaban J connectivity index is 1.71. The maximum Gasteiger partial charge on any atom is 0.407 e. The van der Waals surface area contributed by atoms with Gasteiger partial charge in [-0.1, -0.05) is 12.1 Å². The Kier molecular flexibility index (Phi) is 5.68. The van der Waals surface area contributed by atoms with Crippen LogP contribution in [0.2, 0.25) is 0 Å². The van der Waals surface area contributed by atoms with Crippen LogP contribution in [0, 0.1) is 5.82 Å². The van der Waals surface area contributed by atoms with E-state index in [1.165, 1.54) is 12.1 Å². The molecule has 1 atom stereocenters. The molecule has 0 aliphatic heterocycles. The van der Waals surface area contributed by atoms with Crippen molar-refractivity contribution in [1.82, 2.24) is 15.1 Å². The van der Waals surface area contributed by atoms with Crippen LogP contribution in [0.3, 0.4) is 0 Å². The lowest BCUT2D eigenvalue weighted by Gasteiger charge is -2.22. The lowest BCUT2D eigenvalue weighted by Crippen LogP contribution is -2.37. The second kappa shape index (κ2) is 8.00. The van der Waals surface area contributed by atoms with Crippen molar-refractivity contribution in [3.8, 4) is 5.69 Å².